The van der Waals surface area contributed by atoms with Crippen molar-refractivity contribution < 1.29 is 8.42 Å². The summed E-state index contributed by atoms with van der Waals surface area (Å²) in [5, 5.41) is 0. The third-order valence-corrected chi connectivity index (χ3v) is 6.88. The Morgan fingerprint density at radius 2 is 2.00 bits per heavy atom. The van der Waals surface area contributed by atoms with Crippen molar-refractivity contribution in [3.63, 3.8) is 0 Å². The Labute approximate surface area is 127 Å². The summed E-state index contributed by atoms with van der Waals surface area (Å²) in [6.45, 7) is 0. The van der Waals surface area contributed by atoms with Gasteiger partial charge in [-0.25, -0.2) is 8.42 Å². The van der Waals surface area contributed by atoms with Gasteiger partial charge in [0.05, 0.1) is 11.5 Å². The number of rotatable bonds is 4. The molecule has 1 saturated heterocycles. The summed E-state index contributed by atoms with van der Waals surface area (Å²) >= 11 is 0. The average molecular weight is 307 g/mol. The second kappa shape index (κ2) is 6.09. The second-order valence-electron chi connectivity index (χ2n) is 6.79. The van der Waals surface area contributed by atoms with Crippen molar-refractivity contribution in [2.24, 2.45) is 11.7 Å². The van der Waals surface area contributed by atoms with Crippen LogP contribution in [0.2, 0.25) is 0 Å². The molecule has 1 aliphatic heterocycles. The number of benzene rings is 1. The van der Waals surface area contributed by atoms with Crippen molar-refractivity contribution in [1.82, 2.24) is 0 Å². The van der Waals surface area contributed by atoms with Gasteiger partial charge in [0.1, 0.15) is 0 Å². The molecule has 0 radical (unpaired) electrons. The van der Waals surface area contributed by atoms with E-state index in [4.69, 9.17) is 5.73 Å². The topological polar surface area (TPSA) is 60.2 Å². The molecule has 0 bridgehead atoms. The maximum atomic E-state index is 11.5. The highest BCUT2D eigenvalue weighted by molar-refractivity contribution is 7.91. The summed E-state index contributed by atoms with van der Waals surface area (Å²) in [6.07, 6.45) is 6.30. The minimum absolute atomic E-state index is 0.124. The first-order valence-electron chi connectivity index (χ1n) is 8.07. The normalized spacial score (nSPS) is 29.0. The number of nitrogens with two attached hydrogens (primary N) is 1. The highest BCUT2D eigenvalue weighted by Crippen LogP contribution is 2.35. The van der Waals surface area contributed by atoms with E-state index in [0.29, 0.717) is 17.4 Å². The van der Waals surface area contributed by atoms with Crippen molar-refractivity contribution in [2.45, 2.75) is 50.5 Å². The lowest BCUT2D eigenvalue weighted by molar-refractivity contribution is 0.404. The fraction of sp³-hybridized carbons (Fsp3) is 0.647. The fourth-order valence-corrected chi connectivity index (χ4v) is 5.93. The highest BCUT2D eigenvalue weighted by Gasteiger charge is 2.30. The lowest BCUT2D eigenvalue weighted by Crippen LogP contribution is -2.27. The van der Waals surface area contributed by atoms with Crippen molar-refractivity contribution >= 4 is 9.84 Å². The Balaban J connectivity index is 1.60. The van der Waals surface area contributed by atoms with E-state index in [9.17, 15) is 8.42 Å². The van der Waals surface area contributed by atoms with Gasteiger partial charge in [-0.05, 0) is 61.5 Å². The Hall–Kier alpha value is -0.870. The molecule has 1 heterocycles. The molecular formula is C17H25NO2S. The van der Waals surface area contributed by atoms with E-state index in [0.717, 1.165) is 19.3 Å². The minimum Gasteiger partial charge on any atom is -0.328 e. The summed E-state index contributed by atoms with van der Waals surface area (Å²) in [7, 11) is -2.78. The molecule has 3 nitrogen and oxygen atoms in total. The molecule has 1 aliphatic carbocycles. The quantitative estimate of drug-likeness (QED) is 0.930. The van der Waals surface area contributed by atoms with E-state index in [1.54, 1.807) is 0 Å². The van der Waals surface area contributed by atoms with Crippen LogP contribution >= 0.6 is 0 Å². The van der Waals surface area contributed by atoms with Crippen molar-refractivity contribution in [3.05, 3.63) is 35.4 Å². The SMILES string of the molecule is NC(CC1CCS(=O)(=O)C1)CC1CCCc2ccccc21. The number of fused-ring (bicyclic) bond motifs is 1. The van der Waals surface area contributed by atoms with Crippen LogP contribution in [0.3, 0.4) is 0 Å². The van der Waals surface area contributed by atoms with E-state index in [-0.39, 0.29) is 12.0 Å². The molecule has 3 atom stereocenters. The fourth-order valence-electron chi connectivity index (χ4n) is 4.05. The standard InChI is InChI=1S/C17H25NO2S/c18-16(10-13-8-9-21(19,20)12-13)11-15-6-3-5-14-4-1-2-7-17(14)15/h1-2,4,7,13,15-16H,3,5-6,8-12,18H2. The van der Waals surface area contributed by atoms with Crippen LogP contribution in [0.4, 0.5) is 0 Å². The Kier molecular flexibility index (Phi) is 4.36. The minimum atomic E-state index is -2.78. The van der Waals surface area contributed by atoms with Crippen LogP contribution in [0.1, 0.15) is 49.1 Å². The van der Waals surface area contributed by atoms with Crippen molar-refractivity contribution in [3.8, 4) is 0 Å². The first kappa shape index (κ1) is 15.0. The number of hydrogen-bond acceptors (Lipinski definition) is 3. The molecule has 3 unspecified atom stereocenters. The first-order chi connectivity index (χ1) is 10.0. The lowest BCUT2D eigenvalue weighted by atomic mass is 9.78. The monoisotopic (exact) mass is 307 g/mol. The molecule has 1 aromatic carbocycles. The van der Waals surface area contributed by atoms with Gasteiger partial charge in [0, 0.05) is 6.04 Å². The summed E-state index contributed by atoms with van der Waals surface area (Å²) in [5.74, 6) is 1.55. The molecule has 4 heteroatoms. The Morgan fingerprint density at radius 1 is 1.19 bits per heavy atom. The largest absolute Gasteiger partial charge is 0.328 e. The first-order valence-corrected chi connectivity index (χ1v) is 9.89. The zero-order valence-electron chi connectivity index (χ0n) is 12.5. The van der Waals surface area contributed by atoms with Gasteiger partial charge in [-0.3, -0.25) is 0 Å². The van der Waals surface area contributed by atoms with Crippen LogP contribution < -0.4 is 5.73 Å². The predicted molar refractivity (Wildman–Crippen MR) is 86.1 cm³/mol. The smallest absolute Gasteiger partial charge is 0.150 e. The molecule has 21 heavy (non-hydrogen) atoms. The Morgan fingerprint density at radius 3 is 2.76 bits per heavy atom. The van der Waals surface area contributed by atoms with Crippen LogP contribution in [0.25, 0.3) is 0 Å². The third-order valence-electron chi connectivity index (χ3n) is 5.04. The van der Waals surface area contributed by atoms with E-state index in [1.807, 2.05) is 0 Å². The van der Waals surface area contributed by atoms with E-state index < -0.39 is 9.84 Å². The molecule has 1 aromatic rings. The van der Waals surface area contributed by atoms with E-state index in [1.165, 1.54) is 30.4 Å². The molecular weight excluding hydrogens is 282 g/mol. The molecule has 2 N–H and O–H groups in total. The van der Waals surface area contributed by atoms with Crippen molar-refractivity contribution in [2.75, 3.05) is 11.5 Å². The van der Waals surface area contributed by atoms with Crippen LogP contribution in [0.5, 0.6) is 0 Å². The summed E-state index contributed by atoms with van der Waals surface area (Å²) in [6, 6.07) is 8.83. The van der Waals surface area contributed by atoms with Gasteiger partial charge < -0.3 is 5.73 Å². The van der Waals surface area contributed by atoms with Crippen LogP contribution in [0, 0.1) is 5.92 Å². The lowest BCUT2D eigenvalue weighted by Gasteiger charge is -2.28. The molecule has 116 valence electrons. The predicted octanol–water partition coefficient (Wildman–Crippen LogP) is 2.65. The van der Waals surface area contributed by atoms with Crippen LogP contribution in [-0.2, 0) is 16.3 Å². The number of aryl methyl sites for hydroxylation is 1. The van der Waals surface area contributed by atoms with Gasteiger partial charge in [-0.15, -0.1) is 0 Å². The molecule has 0 saturated carbocycles. The van der Waals surface area contributed by atoms with Gasteiger partial charge >= 0.3 is 0 Å². The highest BCUT2D eigenvalue weighted by atomic mass is 32.2. The van der Waals surface area contributed by atoms with Crippen molar-refractivity contribution in [1.29, 1.82) is 0 Å². The van der Waals surface area contributed by atoms with Gasteiger partial charge in [0.25, 0.3) is 0 Å². The zero-order chi connectivity index (χ0) is 14.9. The molecule has 1 fully saturated rings. The average Bonchev–Trinajstić information content (AvgIpc) is 2.78. The number of sulfone groups is 1. The van der Waals surface area contributed by atoms with Gasteiger partial charge in [0.15, 0.2) is 9.84 Å². The molecule has 0 amide bonds. The summed E-state index contributed by atoms with van der Waals surface area (Å²) in [5.41, 5.74) is 9.28. The van der Waals surface area contributed by atoms with Crippen LogP contribution in [0.15, 0.2) is 24.3 Å². The zero-order valence-corrected chi connectivity index (χ0v) is 13.3. The van der Waals surface area contributed by atoms with Crippen LogP contribution in [-0.4, -0.2) is 26.0 Å². The maximum absolute atomic E-state index is 11.5. The van der Waals surface area contributed by atoms with Gasteiger partial charge in [-0.1, -0.05) is 24.3 Å². The molecule has 0 aromatic heterocycles. The maximum Gasteiger partial charge on any atom is 0.150 e. The van der Waals surface area contributed by atoms with Gasteiger partial charge in [-0.2, -0.15) is 0 Å². The molecule has 0 spiro atoms. The molecule has 2 aliphatic rings. The Bertz CT molecular complexity index is 597. The van der Waals surface area contributed by atoms with E-state index in [2.05, 4.69) is 24.3 Å². The second-order valence-corrected chi connectivity index (χ2v) is 9.02. The molecule has 3 rings (SSSR count). The number of hydrogen-bond donors (Lipinski definition) is 1. The summed E-state index contributed by atoms with van der Waals surface area (Å²) < 4.78 is 23.1. The van der Waals surface area contributed by atoms with Gasteiger partial charge in [0.2, 0.25) is 0 Å². The third kappa shape index (κ3) is 3.67. The summed E-state index contributed by atoms with van der Waals surface area (Å²) in [4.78, 5) is 0. The van der Waals surface area contributed by atoms with E-state index >= 15 is 0 Å².